The smallest absolute Gasteiger partial charge is 0.227 e. The summed E-state index contributed by atoms with van der Waals surface area (Å²) in [5.74, 6) is 0.227. The number of hydrogen-bond acceptors (Lipinski definition) is 3. The lowest BCUT2D eigenvalue weighted by molar-refractivity contribution is -0.143. The van der Waals surface area contributed by atoms with Gasteiger partial charge in [0.25, 0.3) is 0 Å². The average Bonchev–Trinajstić information content (AvgIpc) is 2.96. The van der Waals surface area contributed by atoms with Gasteiger partial charge >= 0.3 is 0 Å². The third-order valence-electron chi connectivity index (χ3n) is 4.42. The fraction of sp³-hybridized carbons (Fsp3) is 0.562. The van der Waals surface area contributed by atoms with Crippen LogP contribution in [0.1, 0.15) is 30.4 Å². The predicted octanol–water partition coefficient (Wildman–Crippen LogP) is 1.47. The first-order chi connectivity index (χ1) is 9.78. The summed E-state index contributed by atoms with van der Waals surface area (Å²) in [5.41, 5.74) is 7.75. The first-order valence-corrected chi connectivity index (χ1v) is 7.47. The van der Waals surface area contributed by atoms with E-state index in [4.69, 9.17) is 10.5 Å². The molecule has 108 valence electrons. The maximum Gasteiger partial charge on any atom is 0.227 e. The minimum Gasteiger partial charge on any atom is -0.374 e. The van der Waals surface area contributed by atoms with Crippen molar-refractivity contribution in [2.24, 2.45) is 5.73 Å². The SMILES string of the molecule is NCc1ccc(CC(=O)N2CCOC3CCCC32)cc1. The molecule has 1 heterocycles. The van der Waals surface area contributed by atoms with Crippen LogP contribution in [0.5, 0.6) is 0 Å². The van der Waals surface area contributed by atoms with E-state index in [-0.39, 0.29) is 12.0 Å². The fourth-order valence-corrected chi connectivity index (χ4v) is 3.30. The van der Waals surface area contributed by atoms with Gasteiger partial charge in [0, 0.05) is 13.1 Å². The molecule has 0 aromatic heterocycles. The van der Waals surface area contributed by atoms with E-state index in [0.29, 0.717) is 25.6 Å². The third-order valence-corrected chi connectivity index (χ3v) is 4.42. The van der Waals surface area contributed by atoms with Gasteiger partial charge in [-0.15, -0.1) is 0 Å². The maximum absolute atomic E-state index is 12.5. The fourth-order valence-electron chi connectivity index (χ4n) is 3.30. The van der Waals surface area contributed by atoms with Gasteiger partial charge in [0.2, 0.25) is 5.91 Å². The molecule has 1 saturated heterocycles. The van der Waals surface area contributed by atoms with Crippen LogP contribution in [0.4, 0.5) is 0 Å². The summed E-state index contributed by atoms with van der Waals surface area (Å²) >= 11 is 0. The number of morpholine rings is 1. The maximum atomic E-state index is 12.5. The zero-order chi connectivity index (χ0) is 13.9. The number of amides is 1. The number of carbonyl (C=O) groups is 1. The Morgan fingerprint density at radius 2 is 2.00 bits per heavy atom. The molecule has 20 heavy (non-hydrogen) atoms. The molecule has 1 aromatic carbocycles. The highest BCUT2D eigenvalue weighted by Gasteiger charge is 2.38. The Hall–Kier alpha value is -1.39. The number of benzene rings is 1. The minimum absolute atomic E-state index is 0.227. The lowest BCUT2D eigenvalue weighted by Crippen LogP contribution is -2.51. The summed E-state index contributed by atoms with van der Waals surface area (Å²) in [4.78, 5) is 14.5. The van der Waals surface area contributed by atoms with Gasteiger partial charge in [-0.05, 0) is 30.4 Å². The van der Waals surface area contributed by atoms with E-state index in [9.17, 15) is 4.79 Å². The van der Waals surface area contributed by atoms with E-state index in [1.807, 2.05) is 29.2 Å². The van der Waals surface area contributed by atoms with Crippen LogP contribution >= 0.6 is 0 Å². The van der Waals surface area contributed by atoms with Gasteiger partial charge in [-0.3, -0.25) is 4.79 Å². The van der Waals surface area contributed by atoms with E-state index < -0.39 is 0 Å². The van der Waals surface area contributed by atoms with Crippen molar-refractivity contribution in [1.29, 1.82) is 0 Å². The molecule has 4 nitrogen and oxygen atoms in total. The van der Waals surface area contributed by atoms with Crippen LogP contribution in [0.25, 0.3) is 0 Å². The largest absolute Gasteiger partial charge is 0.374 e. The molecule has 2 unspecified atom stereocenters. The van der Waals surface area contributed by atoms with Crippen molar-refractivity contribution >= 4 is 5.91 Å². The highest BCUT2D eigenvalue weighted by Crippen LogP contribution is 2.30. The second-order valence-electron chi connectivity index (χ2n) is 5.69. The Morgan fingerprint density at radius 3 is 2.75 bits per heavy atom. The van der Waals surface area contributed by atoms with E-state index in [1.165, 1.54) is 6.42 Å². The second kappa shape index (κ2) is 5.94. The highest BCUT2D eigenvalue weighted by molar-refractivity contribution is 5.79. The first-order valence-electron chi connectivity index (χ1n) is 7.47. The number of ether oxygens (including phenoxy) is 1. The second-order valence-corrected chi connectivity index (χ2v) is 5.69. The molecule has 1 aromatic rings. The number of carbonyl (C=O) groups excluding carboxylic acids is 1. The zero-order valence-electron chi connectivity index (χ0n) is 11.8. The lowest BCUT2D eigenvalue weighted by atomic mass is 10.1. The lowest BCUT2D eigenvalue weighted by Gasteiger charge is -2.37. The summed E-state index contributed by atoms with van der Waals surface area (Å²) < 4.78 is 5.75. The number of nitrogens with two attached hydrogens (primary N) is 1. The highest BCUT2D eigenvalue weighted by atomic mass is 16.5. The van der Waals surface area contributed by atoms with Crippen LogP contribution in [0.15, 0.2) is 24.3 Å². The molecule has 1 amide bonds. The molecule has 2 aliphatic rings. The van der Waals surface area contributed by atoms with Crippen molar-refractivity contribution in [2.75, 3.05) is 13.2 Å². The molecule has 2 fully saturated rings. The topological polar surface area (TPSA) is 55.6 Å². The summed E-state index contributed by atoms with van der Waals surface area (Å²) in [6.07, 6.45) is 4.10. The summed E-state index contributed by atoms with van der Waals surface area (Å²) in [6.45, 7) is 1.96. The molecular formula is C16H22N2O2. The van der Waals surface area contributed by atoms with Crippen molar-refractivity contribution in [3.05, 3.63) is 35.4 Å². The van der Waals surface area contributed by atoms with Crippen LogP contribution in [0.3, 0.4) is 0 Å². The van der Waals surface area contributed by atoms with Crippen molar-refractivity contribution in [1.82, 2.24) is 4.90 Å². The van der Waals surface area contributed by atoms with Gasteiger partial charge in [0.15, 0.2) is 0 Å². The molecule has 0 bridgehead atoms. The monoisotopic (exact) mass is 274 g/mol. The average molecular weight is 274 g/mol. The van der Waals surface area contributed by atoms with E-state index in [2.05, 4.69) is 0 Å². The molecular weight excluding hydrogens is 252 g/mol. The standard InChI is InChI=1S/C16H22N2O2/c17-11-13-6-4-12(5-7-13)10-16(19)18-8-9-20-15-3-1-2-14(15)18/h4-7,14-15H,1-3,8-11,17H2. The molecule has 2 N–H and O–H groups in total. The van der Waals surface area contributed by atoms with E-state index in [1.54, 1.807) is 0 Å². The normalized spacial score (nSPS) is 25.6. The van der Waals surface area contributed by atoms with Gasteiger partial charge in [0.1, 0.15) is 0 Å². The van der Waals surface area contributed by atoms with Crippen LogP contribution in [-0.2, 0) is 22.5 Å². The Morgan fingerprint density at radius 1 is 1.25 bits per heavy atom. The number of hydrogen-bond donors (Lipinski definition) is 1. The number of nitrogens with zero attached hydrogens (tertiary/aromatic N) is 1. The third kappa shape index (κ3) is 2.72. The Labute approximate surface area is 119 Å². The van der Waals surface area contributed by atoms with Crippen molar-refractivity contribution < 1.29 is 9.53 Å². The predicted molar refractivity (Wildman–Crippen MR) is 77.1 cm³/mol. The van der Waals surface area contributed by atoms with Gasteiger partial charge in [-0.2, -0.15) is 0 Å². The first kappa shape index (κ1) is 13.6. The number of rotatable bonds is 3. The van der Waals surface area contributed by atoms with Gasteiger partial charge in [0.05, 0.1) is 25.2 Å². The Balaban J connectivity index is 1.65. The van der Waals surface area contributed by atoms with Crippen LogP contribution in [0.2, 0.25) is 0 Å². The Kier molecular flexibility index (Phi) is 4.03. The van der Waals surface area contributed by atoms with Crippen molar-refractivity contribution in [3.63, 3.8) is 0 Å². The molecule has 1 saturated carbocycles. The summed E-state index contributed by atoms with van der Waals surface area (Å²) in [7, 11) is 0. The van der Waals surface area contributed by atoms with Crippen LogP contribution in [-0.4, -0.2) is 36.1 Å². The van der Waals surface area contributed by atoms with Gasteiger partial charge in [-0.25, -0.2) is 0 Å². The quantitative estimate of drug-likeness (QED) is 0.908. The molecule has 0 radical (unpaired) electrons. The minimum atomic E-state index is 0.227. The summed E-state index contributed by atoms with van der Waals surface area (Å²) in [5, 5.41) is 0. The van der Waals surface area contributed by atoms with E-state index >= 15 is 0 Å². The molecule has 2 atom stereocenters. The molecule has 3 rings (SSSR count). The van der Waals surface area contributed by atoms with Crippen LogP contribution < -0.4 is 5.73 Å². The number of fused-ring (bicyclic) bond motifs is 1. The zero-order valence-corrected chi connectivity index (χ0v) is 11.8. The summed E-state index contributed by atoms with van der Waals surface area (Å²) in [6, 6.07) is 8.32. The Bertz CT molecular complexity index is 472. The molecule has 0 spiro atoms. The molecule has 1 aliphatic carbocycles. The molecule has 1 aliphatic heterocycles. The van der Waals surface area contributed by atoms with Crippen molar-refractivity contribution in [3.8, 4) is 0 Å². The van der Waals surface area contributed by atoms with Gasteiger partial charge in [-0.1, -0.05) is 24.3 Å². The van der Waals surface area contributed by atoms with E-state index in [0.717, 1.165) is 30.5 Å². The molecule has 4 heteroatoms. The van der Waals surface area contributed by atoms with Gasteiger partial charge < -0.3 is 15.4 Å². The van der Waals surface area contributed by atoms with Crippen LogP contribution in [0, 0.1) is 0 Å². The van der Waals surface area contributed by atoms with Crippen molar-refractivity contribution in [2.45, 2.75) is 44.4 Å².